The van der Waals surface area contributed by atoms with E-state index in [1.54, 1.807) is 6.92 Å². The van der Waals surface area contributed by atoms with Crippen molar-refractivity contribution in [3.8, 4) is 0 Å². The lowest BCUT2D eigenvalue weighted by Crippen LogP contribution is -2.49. The summed E-state index contributed by atoms with van der Waals surface area (Å²) < 4.78 is 0. The van der Waals surface area contributed by atoms with Crippen LogP contribution in [0.1, 0.15) is 30.1 Å². The molecule has 0 bridgehead atoms. The van der Waals surface area contributed by atoms with Crippen molar-refractivity contribution >= 4 is 35.2 Å². The summed E-state index contributed by atoms with van der Waals surface area (Å²) in [4.78, 5) is 45.6. The largest absolute Gasteiger partial charge is 0.481 e. The van der Waals surface area contributed by atoms with E-state index in [0.29, 0.717) is 12.2 Å². The van der Waals surface area contributed by atoms with E-state index in [1.165, 1.54) is 30.0 Å². The zero-order valence-corrected chi connectivity index (χ0v) is 15.2. The second-order valence-electron chi connectivity index (χ2n) is 5.62. The Morgan fingerprint density at radius 2 is 2.00 bits per heavy atom. The van der Waals surface area contributed by atoms with Gasteiger partial charge in [-0.25, -0.2) is 0 Å². The van der Waals surface area contributed by atoms with Gasteiger partial charge in [0.25, 0.3) is 11.6 Å². The molecule has 1 aromatic carbocycles. The fourth-order valence-corrected chi connectivity index (χ4v) is 2.63. The number of non-ortho nitro benzene ring substituents is 1. The zero-order valence-electron chi connectivity index (χ0n) is 14.4. The summed E-state index contributed by atoms with van der Waals surface area (Å²) in [6.45, 7) is 1.56. The molecule has 0 radical (unpaired) electrons. The van der Waals surface area contributed by atoms with Crippen LogP contribution in [0.15, 0.2) is 24.3 Å². The van der Waals surface area contributed by atoms with Crippen LogP contribution in [-0.2, 0) is 9.59 Å². The molecule has 26 heavy (non-hydrogen) atoms. The van der Waals surface area contributed by atoms with Crippen LogP contribution in [0.2, 0.25) is 0 Å². The van der Waals surface area contributed by atoms with Gasteiger partial charge in [-0.1, -0.05) is 6.07 Å². The molecule has 2 unspecified atom stereocenters. The Labute approximate surface area is 154 Å². The number of carbonyl (C=O) groups is 3. The van der Waals surface area contributed by atoms with E-state index in [1.807, 2.05) is 6.26 Å². The molecule has 0 aliphatic carbocycles. The topological polar surface area (TPSA) is 139 Å². The Morgan fingerprint density at radius 1 is 1.31 bits per heavy atom. The summed E-state index contributed by atoms with van der Waals surface area (Å²) >= 11 is 1.49. The Bertz CT molecular complexity index is 682. The van der Waals surface area contributed by atoms with E-state index in [0.717, 1.165) is 6.07 Å². The van der Waals surface area contributed by atoms with Crippen molar-refractivity contribution in [2.75, 3.05) is 12.0 Å². The molecule has 2 atom stereocenters. The molecule has 3 N–H and O–H groups in total. The standard InChI is InChI=1S/C16H21N3O6S/c1-10(8-14(20)21)17-16(23)13(6-7-26-2)18-15(22)11-4-3-5-12(9-11)19(24)25/h3-5,9-10,13H,6-8H2,1-2H3,(H,17,23)(H,18,22)(H,20,21). The highest BCUT2D eigenvalue weighted by Crippen LogP contribution is 2.13. The number of nitro groups is 1. The maximum Gasteiger partial charge on any atom is 0.305 e. The van der Waals surface area contributed by atoms with Crippen LogP contribution in [0.25, 0.3) is 0 Å². The highest BCUT2D eigenvalue weighted by molar-refractivity contribution is 7.98. The Morgan fingerprint density at radius 3 is 2.58 bits per heavy atom. The molecular weight excluding hydrogens is 362 g/mol. The normalized spacial score (nSPS) is 12.7. The number of nitro benzene ring substituents is 1. The van der Waals surface area contributed by atoms with Gasteiger partial charge in [-0.15, -0.1) is 0 Å². The number of hydrogen-bond acceptors (Lipinski definition) is 6. The van der Waals surface area contributed by atoms with Gasteiger partial charge in [0, 0.05) is 23.7 Å². The van der Waals surface area contributed by atoms with E-state index >= 15 is 0 Å². The number of benzene rings is 1. The van der Waals surface area contributed by atoms with Gasteiger partial charge in [-0.05, 0) is 31.4 Å². The summed E-state index contributed by atoms with van der Waals surface area (Å²) in [5, 5.41) is 24.7. The van der Waals surface area contributed by atoms with Crippen LogP contribution in [0.4, 0.5) is 5.69 Å². The predicted molar refractivity (Wildman–Crippen MR) is 97.2 cm³/mol. The maximum absolute atomic E-state index is 12.3. The fraction of sp³-hybridized carbons (Fsp3) is 0.438. The molecule has 2 amide bonds. The molecule has 0 spiro atoms. The van der Waals surface area contributed by atoms with Crippen LogP contribution < -0.4 is 10.6 Å². The van der Waals surface area contributed by atoms with Gasteiger partial charge in [0.2, 0.25) is 5.91 Å². The van der Waals surface area contributed by atoms with E-state index in [4.69, 9.17) is 5.11 Å². The average Bonchev–Trinajstić information content (AvgIpc) is 2.57. The van der Waals surface area contributed by atoms with Gasteiger partial charge in [0.15, 0.2) is 0 Å². The van der Waals surface area contributed by atoms with Crippen molar-refractivity contribution in [3.05, 3.63) is 39.9 Å². The van der Waals surface area contributed by atoms with Crippen molar-refractivity contribution in [1.29, 1.82) is 0 Å². The highest BCUT2D eigenvalue weighted by atomic mass is 32.2. The lowest BCUT2D eigenvalue weighted by atomic mass is 10.1. The number of nitrogens with one attached hydrogen (secondary N) is 2. The molecule has 0 aliphatic heterocycles. The third-order valence-corrected chi connectivity index (χ3v) is 4.07. The smallest absolute Gasteiger partial charge is 0.305 e. The van der Waals surface area contributed by atoms with Crippen LogP contribution in [0, 0.1) is 10.1 Å². The minimum atomic E-state index is -1.04. The molecule has 0 fully saturated rings. The van der Waals surface area contributed by atoms with Gasteiger partial charge in [0.1, 0.15) is 6.04 Å². The molecule has 0 saturated carbocycles. The lowest BCUT2D eigenvalue weighted by Gasteiger charge is -2.20. The van der Waals surface area contributed by atoms with Crippen molar-refractivity contribution in [2.45, 2.75) is 31.8 Å². The van der Waals surface area contributed by atoms with Crippen LogP contribution in [0.3, 0.4) is 0 Å². The number of rotatable bonds is 10. The maximum atomic E-state index is 12.3. The number of amides is 2. The SMILES string of the molecule is CSCCC(NC(=O)c1cccc([N+](=O)[O-])c1)C(=O)NC(C)CC(=O)O. The molecule has 0 saturated heterocycles. The molecule has 0 heterocycles. The van der Waals surface area contributed by atoms with E-state index in [9.17, 15) is 24.5 Å². The minimum absolute atomic E-state index is 0.0692. The number of carboxylic acid groups (broad SMARTS) is 1. The van der Waals surface area contributed by atoms with Crippen molar-refractivity contribution < 1.29 is 24.4 Å². The quantitative estimate of drug-likeness (QED) is 0.410. The molecule has 0 aliphatic rings. The minimum Gasteiger partial charge on any atom is -0.481 e. The molecule has 1 rings (SSSR count). The molecule has 10 heteroatoms. The number of carbonyl (C=O) groups excluding carboxylic acids is 2. The molecule has 0 aromatic heterocycles. The number of carboxylic acids is 1. The van der Waals surface area contributed by atoms with Gasteiger partial charge >= 0.3 is 5.97 Å². The number of nitrogens with zero attached hydrogens (tertiary/aromatic N) is 1. The molecule has 142 valence electrons. The van der Waals surface area contributed by atoms with Crippen molar-refractivity contribution in [3.63, 3.8) is 0 Å². The number of hydrogen-bond donors (Lipinski definition) is 3. The first kappa shape index (κ1) is 21.4. The van der Waals surface area contributed by atoms with Crippen LogP contribution in [0.5, 0.6) is 0 Å². The summed E-state index contributed by atoms with van der Waals surface area (Å²) in [6, 6.07) is 3.74. The molecule has 9 nitrogen and oxygen atoms in total. The first-order valence-electron chi connectivity index (χ1n) is 7.81. The van der Waals surface area contributed by atoms with E-state index in [2.05, 4.69) is 10.6 Å². The monoisotopic (exact) mass is 383 g/mol. The van der Waals surface area contributed by atoms with Crippen LogP contribution in [-0.4, -0.2) is 51.9 Å². The summed E-state index contributed by atoms with van der Waals surface area (Å²) in [5.41, 5.74) is -0.155. The predicted octanol–water partition coefficient (Wildman–Crippen LogP) is 1.43. The average molecular weight is 383 g/mol. The summed E-state index contributed by atoms with van der Waals surface area (Å²) in [6.07, 6.45) is 1.96. The third kappa shape index (κ3) is 7.09. The van der Waals surface area contributed by atoms with Crippen LogP contribution >= 0.6 is 11.8 Å². The van der Waals surface area contributed by atoms with Gasteiger partial charge in [-0.3, -0.25) is 24.5 Å². The highest BCUT2D eigenvalue weighted by Gasteiger charge is 2.23. The molecular formula is C16H21N3O6S. The van der Waals surface area contributed by atoms with Crippen molar-refractivity contribution in [2.24, 2.45) is 0 Å². The molecule has 1 aromatic rings. The van der Waals surface area contributed by atoms with Gasteiger partial charge < -0.3 is 15.7 Å². The Hall–Kier alpha value is -2.62. The zero-order chi connectivity index (χ0) is 19.7. The lowest BCUT2D eigenvalue weighted by molar-refractivity contribution is -0.384. The Balaban J connectivity index is 2.84. The fourth-order valence-electron chi connectivity index (χ4n) is 2.16. The van der Waals surface area contributed by atoms with E-state index < -0.39 is 34.8 Å². The summed E-state index contributed by atoms with van der Waals surface area (Å²) in [5.74, 6) is -1.55. The first-order valence-corrected chi connectivity index (χ1v) is 9.20. The van der Waals surface area contributed by atoms with Gasteiger partial charge in [-0.2, -0.15) is 11.8 Å². The third-order valence-electron chi connectivity index (χ3n) is 3.42. The second kappa shape index (κ2) is 10.4. The van der Waals surface area contributed by atoms with E-state index in [-0.39, 0.29) is 17.7 Å². The Kier molecular flexibility index (Phi) is 8.56. The number of aliphatic carboxylic acids is 1. The second-order valence-corrected chi connectivity index (χ2v) is 6.61. The summed E-state index contributed by atoms with van der Waals surface area (Å²) in [7, 11) is 0. The van der Waals surface area contributed by atoms with Crippen molar-refractivity contribution in [1.82, 2.24) is 10.6 Å². The first-order chi connectivity index (χ1) is 12.2. The van der Waals surface area contributed by atoms with Gasteiger partial charge in [0.05, 0.1) is 11.3 Å². The number of thioether (sulfide) groups is 1.